The number of thioether (sulfide) groups is 1. The third-order valence-electron chi connectivity index (χ3n) is 3.75. The molecule has 0 radical (unpaired) electrons. The lowest BCUT2D eigenvalue weighted by atomic mass is 10.2. The summed E-state index contributed by atoms with van der Waals surface area (Å²) < 4.78 is 13.4. The fourth-order valence-electron chi connectivity index (χ4n) is 2.38. The number of carbonyl (C=O) groups excluding carboxylic acids is 1. The van der Waals surface area contributed by atoms with Gasteiger partial charge in [-0.1, -0.05) is 0 Å². The molecule has 0 bridgehead atoms. The molecule has 1 aromatic carbocycles. The molecule has 0 saturated carbocycles. The van der Waals surface area contributed by atoms with Gasteiger partial charge in [-0.3, -0.25) is 4.79 Å². The highest BCUT2D eigenvalue weighted by atomic mass is 32.2. The van der Waals surface area contributed by atoms with E-state index in [1.54, 1.807) is 43.6 Å². The zero-order chi connectivity index (χ0) is 19.2. The van der Waals surface area contributed by atoms with Crippen LogP contribution in [0, 0.1) is 24.1 Å². The van der Waals surface area contributed by atoms with Gasteiger partial charge in [-0.05, 0) is 60.5 Å². The number of benzene rings is 1. The molecule has 0 saturated heterocycles. The highest BCUT2D eigenvalue weighted by molar-refractivity contribution is 7.98. The summed E-state index contributed by atoms with van der Waals surface area (Å²) in [5.74, 6) is -0.0896. The van der Waals surface area contributed by atoms with Crippen LogP contribution in [0.4, 0.5) is 10.1 Å². The number of amides is 1. The molecule has 0 atom stereocenters. The number of aryl methyl sites for hydroxylation is 1. The van der Waals surface area contributed by atoms with E-state index in [1.807, 2.05) is 12.1 Å². The molecule has 0 aliphatic rings. The van der Waals surface area contributed by atoms with Crippen LogP contribution < -0.4 is 5.32 Å². The van der Waals surface area contributed by atoms with E-state index in [0.717, 1.165) is 5.56 Å². The number of nitrogens with one attached hydrogen (secondary N) is 1. The van der Waals surface area contributed by atoms with Gasteiger partial charge in [0.1, 0.15) is 22.6 Å². The Balaban J connectivity index is 1.75. The molecule has 2 aromatic heterocycles. The van der Waals surface area contributed by atoms with E-state index in [4.69, 9.17) is 5.26 Å². The number of carbonyl (C=O) groups is 1. The first-order chi connectivity index (χ1) is 13.1. The van der Waals surface area contributed by atoms with Crippen molar-refractivity contribution in [3.05, 3.63) is 83.1 Å². The molecule has 27 heavy (non-hydrogen) atoms. The molecule has 1 amide bonds. The fraction of sp³-hybridized carbons (Fsp3) is 0.100. The van der Waals surface area contributed by atoms with Gasteiger partial charge >= 0.3 is 0 Å². The number of rotatable bonds is 5. The van der Waals surface area contributed by atoms with Crippen LogP contribution in [0.15, 0.2) is 59.9 Å². The Morgan fingerprint density at radius 2 is 2.07 bits per heavy atom. The van der Waals surface area contributed by atoms with Gasteiger partial charge in [-0.25, -0.2) is 14.4 Å². The Morgan fingerprint density at radius 3 is 2.85 bits per heavy atom. The molecule has 0 unspecified atom stereocenters. The highest BCUT2D eigenvalue weighted by Gasteiger charge is 2.14. The van der Waals surface area contributed by atoms with Crippen molar-refractivity contribution in [1.82, 2.24) is 9.97 Å². The first-order valence-electron chi connectivity index (χ1n) is 8.07. The third-order valence-corrected chi connectivity index (χ3v) is 4.82. The lowest BCUT2D eigenvalue weighted by Crippen LogP contribution is -2.13. The predicted octanol–water partition coefficient (Wildman–Crippen LogP) is 4.34. The van der Waals surface area contributed by atoms with Crippen LogP contribution in [0.25, 0.3) is 0 Å². The topological polar surface area (TPSA) is 78.7 Å². The second-order valence-electron chi connectivity index (χ2n) is 5.72. The van der Waals surface area contributed by atoms with E-state index in [9.17, 15) is 9.18 Å². The smallest absolute Gasteiger partial charge is 0.258 e. The molecular weight excluding hydrogens is 363 g/mol. The van der Waals surface area contributed by atoms with Gasteiger partial charge in [0.25, 0.3) is 5.91 Å². The van der Waals surface area contributed by atoms with Crippen LogP contribution in [-0.2, 0) is 5.75 Å². The van der Waals surface area contributed by atoms with Gasteiger partial charge in [0.2, 0.25) is 0 Å². The summed E-state index contributed by atoms with van der Waals surface area (Å²) in [6, 6.07) is 13.3. The van der Waals surface area contributed by atoms with Gasteiger partial charge in [0.15, 0.2) is 0 Å². The molecule has 0 aliphatic heterocycles. The molecule has 0 spiro atoms. The van der Waals surface area contributed by atoms with Crippen LogP contribution in [0.2, 0.25) is 0 Å². The van der Waals surface area contributed by atoms with Crippen molar-refractivity contribution in [3.63, 3.8) is 0 Å². The molecule has 0 aliphatic carbocycles. The number of hydrogen-bond donors (Lipinski definition) is 1. The summed E-state index contributed by atoms with van der Waals surface area (Å²) in [7, 11) is 0. The SMILES string of the molecule is Cc1cc(NC(=O)c2cccnc2SCc2ccnc(C#N)c2)ccc1F. The van der Waals surface area contributed by atoms with Gasteiger partial charge in [0, 0.05) is 23.8 Å². The molecule has 3 rings (SSSR count). The first kappa shape index (κ1) is 18.5. The normalized spacial score (nSPS) is 10.3. The van der Waals surface area contributed by atoms with Gasteiger partial charge in [0.05, 0.1) is 5.56 Å². The molecule has 2 heterocycles. The number of nitriles is 1. The van der Waals surface area contributed by atoms with Crippen LogP contribution >= 0.6 is 11.8 Å². The monoisotopic (exact) mass is 378 g/mol. The highest BCUT2D eigenvalue weighted by Crippen LogP contribution is 2.25. The summed E-state index contributed by atoms with van der Waals surface area (Å²) in [6.07, 6.45) is 3.20. The zero-order valence-corrected chi connectivity index (χ0v) is 15.3. The molecular formula is C20H15FN4OS. The lowest BCUT2D eigenvalue weighted by molar-refractivity contribution is 0.102. The molecule has 0 fully saturated rings. The Morgan fingerprint density at radius 1 is 1.22 bits per heavy atom. The summed E-state index contributed by atoms with van der Waals surface area (Å²) in [5.41, 5.74) is 2.67. The lowest BCUT2D eigenvalue weighted by Gasteiger charge is -2.10. The maximum absolute atomic E-state index is 13.4. The fourth-order valence-corrected chi connectivity index (χ4v) is 3.31. The van der Waals surface area contributed by atoms with Crippen LogP contribution in [0.3, 0.4) is 0 Å². The number of anilines is 1. The minimum absolute atomic E-state index is 0.316. The summed E-state index contributed by atoms with van der Waals surface area (Å²) >= 11 is 1.39. The van der Waals surface area contributed by atoms with Crippen LogP contribution in [-0.4, -0.2) is 15.9 Å². The zero-order valence-electron chi connectivity index (χ0n) is 14.4. The minimum atomic E-state index is -0.320. The Hall–Kier alpha value is -3.24. The van der Waals surface area contributed by atoms with E-state index in [2.05, 4.69) is 15.3 Å². The number of pyridine rings is 2. The van der Waals surface area contributed by atoms with E-state index in [0.29, 0.717) is 33.3 Å². The molecule has 134 valence electrons. The van der Waals surface area contributed by atoms with Crippen molar-refractivity contribution >= 4 is 23.4 Å². The Labute approximate surface area is 160 Å². The quantitative estimate of drug-likeness (QED) is 0.668. The minimum Gasteiger partial charge on any atom is -0.322 e. The van der Waals surface area contributed by atoms with Crippen molar-refractivity contribution in [2.75, 3.05) is 5.32 Å². The maximum Gasteiger partial charge on any atom is 0.258 e. The van der Waals surface area contributed by atoms with E-state index >= 15 is 0 Å². The van der Waals surface area contributed by atoms with Crippen molar-refractivity contribution in [2.45, 2.75) is 17.7 Å². The van der Waals surface area contributed by atoms with Gasteiger partial charge in [-0.2, -0.15) is 5.26 Å². The second-order valence-corrected chi connectivity index (χ2v) is 6.69. The summed E-state index contributed by atoms with van der Waals surface area (Å²) in [6.45, 7) is 1.64. The van der Waals surface area contributed by atoms with Crippen LogP contribution in [0.5, 0.6) is 0 Å². The molecule has 7 heteroatoms. The van der Waals surface area contributed by atoms with E-state index < -0.39 is 0 Å². The predicted molar refractivity (Wildman–Crippen MR) is 102 cm³/mol. The molecule has 1 N–H and O–H groups in total. The first-order valence-corrected chi connectivity index (χ1v) is 9.06. The van der Waals surface area contributed by atoms with Gasteiger partial charge in [-0.15, -0.1) is 11.8 Å². The molecule has 5 nitrogen and oxygen atoms in total. The number of aromatic nitrogens is 2. The average Bonchev–Trinajstić information content (AvgIpc) is 2.69. The Kier molecular flexibility index (Phi) is 5.79. The largest absolute Gasteiger partial charge is 0.322 e. The van der Waals surface area contributed by atoms with E-state index in [1.165, 1.54) is 23.9 Å². The molecule has 3 aromatic rings. The average molecular weight is 378 g/mol. The van der Waals surface area contributed by atoms with Crippen LogP contribution in [0.1, 0.15) is 27.2 Å². The standard InChI is InChI=1S/C20H15FN4OS/c1-13-9-15(4-5-18(13)21)25-19(26)17-3-2-7-24-20(17)27-12-14-6-8-23-16(10-14)11-22/h2-10H,12H2,1H3,(H,25,26). The Bertz CT molecular complexity index is 1030. The van der Waals surface area contributed by atoms with E-state index in [-0.39, 0.29) is 11.7 Å². The van der Waals surface area contributed by atoms with Crippen molar-refractivity contribution in [1.29, 1.82) is 5.26 Å². The second kappa shape index (κ2) is 8.43. The van der Waals surface area contributed by atoms with Crippen molar-refractivity contribution < 1.29 is 9.18 Å². The third kappa shape index (κ3) is 4.68. The summed E-state index contributed by atoms with van der Waals surface area (Å²) in [5, 5.41) is 12.3. The van der Waals surface area contributed by atoms with Gasteiger partial charge < -0.3 is 5.32 Å². The number of nitrogens with zero attached hydrogens (tertiary/aromatic N) is 3. The van der Waals surface area contributed by atoms with Crippen molar-refractivity contribution in [3.8, 4) is 6.07 Å². The number of hydrogen-bond acceptors (Lipinski definition) is 5. The summed E-state index contributed by atoms with van der Waals surface area (Å²) in [4.78, 5) is 20.9. The maximum atomic E-state index is 13.4. The van der Waals surface area contributed by atoms with Crippen molar-refractivity contribution in [2.24, 2.45) is 0 Å². The number of halogens is 1.